The molecule has 248 valence electrons. The summed E-state index contributed by atoms with van der Waals surface area (Å²) in [4.78, 5) is 45.9. The van der Waals surface area contributed by atoms with E-state index in [0.717, 1.165) is 83.6 Å². The van der Waals surface area contributed by atoms with Gasteiger partial charge in [0.2, 0.25) is 11.8 Å². The number of ether oxygens (including phenoxy) is 2. The average molecular weight is 591 g/mol. The highest BCUT2D eigenvalue weighted by Gasteiger charge is 2.04. The highest BCUT2D eigenvalue weighted by Crippen LogP contribution is 2.10. The van der Waals surface area contributed by atoms with Gasteiger partial charge in [-0.25, -0.2) is 0 Å². The molecule has 0 unspecified atom stereocenters. The van der Waals surface area contributed by atoms with Crippen molar-refractivity contribution in [1.29, 1.82) is 0 Å². The van der Waals surface area contributed by atoms with Gasteiger partial charge in [0.1, 0.15) is 5.78 Å². The van der Waals surface area contributed by atoms with Gasteiger partial charge in [0, 0.05) is 45.9 Å². The van der Waals surface area contributed by atoms with Gasteiger partial charge in [-0.1, -0.05) is 93.9 Å². The van der Waals surface area contributed by atoms with Crippen LogP contribution in [0.5, 0.6) is 0 Å². The summed E-state index contributed by atoms with van der Waals surface area (Å²) in [5.41, 5.74) is 0. The van der Waals surface area contributed by atoms with Crippen LogP contribution in [0.4, 0.5) is 0 Å². The van der Waals surface area contributed by atoms with Crippen molar-refractivity contribution in [3.63, 3.8) is 0 Å². The first kappa shape index (κ1) is 48.8. The summed E-state index contributed by atoms with van der Waals surface area (Å²) in [5, 5.41) is 5.99. The fourth-order valence-electron chi connectivity index (χ4n) is 4.06. The monoisotopic (exact) mass is 591 g/mol. The third kappa shape index (κ3) is 40.2. The summed E-state index contributed by atoms with van der Waals surface area (Å²) in [6.07, 6.45) is 18.8. The van der Waals surface area contributed by atoms with Gasteiger partial charge in [-0.3, -0.25) is 14.4 Å². The SMILES string of the molecule is C.C.C.C.COCOC(=O)CCCCCCNC(=O)CCCCCCCCCCNC(=O)CCCCCCC(C)=O. The van der Waals surface area contributed by atoms with Gasteiger partial charge >= 0.3 is 5.97 Å². The topological polar surface area (TPSA) is 111 Å². The molecule has 0 saturated carbocycles. The van der Waals surface area contributed by atoms with Crippen molar-refractivity contribution in [3.8, 4) is 0 Å². The van der Waals surface area contributed by atoms with Crippen molar-refractivity contribution < 1.29 is 28.7 Å². The normalized spacial score (nSPS) is 9.71. The lowest BCUT2D eigenvalue weighted by Crippen LogP contribution is -2.24. The molecule has 0 aromatic rings. The molecule has 0 bridgehead atoms. The van der Waals surface area contributed by atoms with Crippen molar-refractivity contribution in [1.82, 2.24) is 10.6 Å². The molecule has 0 rings (SSSR count). The van der Waals surface area contributed by atoms with Crippen LogP contribution in [-0.2, 0) is 28.7 Å². The molecule has 0 aliphatic rings. The zero-order valence-corrected chi connectivity index (χ0v) is 23.7. The van der Waals surface area contributed by atoms with E-state index in [0.29, 0.717) is 32.2 Å². The van der Waals surface area contributed by atoms with Gasteiger partial charge in [0.15, 0.2) is 6.79 Å². The molecule has 2 N–H and O–H groups in total. The molecular weight excluding hydrogens is 520 g/mol. The Hall–Kier alpha value is -1.96. The van der Waals surface area contributed by atoms with Crippen molar-refractivity contribution in [2.24, 2.45) is 0 Å². The number of carbonyl (C=O) groups is 4. The molecule has 0 aromatic carbocycles. The van der Waals surface area contributed by atoms with Crippen LogP contribution in [0.2, 0.25) is 0 Å². The number of unbranched alkanes of at least 4 members (excludes halogenated alkanes) is 13. The second-order valence-corrected chi connectivity index (χ2v) is 9.98. The number of methoxy groups -OCH3 is 1. The standard InChI is InChI=1S/C29H54N2O6.4CH4/c1-26(32)19-13-8-9-15-21-28(34)30-23-17-11-6-4-3-5-7-14-20-27(33)31-24-18-12-10-16-22-29(35)37-25-36-2;;;;/h3-25H2,1-2H3,(H,30,34)(H,31,33);4*1H4. The van der Waals surface area contributed by atoms with E-state index in [4.69, 9.17) is 4.74 Å². The van der Waals surface area contributed by atoms with E-state index < -0.39 is 0 Å². The molecule has 0 aromatic heterocycles. The molecule has 0 saturated heterocycles. The van der Waals surface area contributed by atoms with E-state index in [-0.39, 0.29) is 60.1 Å². The third-order valence-corrected chi connectivity index (χ3v) is 6.30. The van der Waals surface area contributed by atoms with Crippen molar-refractivity contribution >= 4 is 23.6 Å². The van der Waals surface area contributed by atoms with Gasteiger partial charge in [-0.2, -0.15) is 0 Å². The van der Waals surface area contributed by atoms with E-state index in [1.165, 1.54) is 32.8 Å². The van der Waals surface area contributed by atoms with Crippen LogP contribution in [0.3, 0.4) is 0 Å². The number of esters is 1. The van der Waals surface area contributed by atoms with E-state index >= 15 is 0 Å². The van der Waals surface area contributed by atoms with E-state index in [9.17, 15) is 19.2 Å². The Balaban J connectivity index is -0.00000108. The van der Waals surface area contributed by atoms with E-state index in [1.807, 2.05) is 0 Å². The Labute approximate surface area is 254 Å². The summed E-state index contributed by atoms with van der Waals surface area (Å²) < 4.78 is 9.52. The van der Waals surface area contributed by atoms with Crippen LogP contribution in [0.1, 0.15) is 165 Å². The Morgan fingerprint density at radius 3 is 1.22 bits per heavy atom. The lowest BCUT2D eigenvalue weighted by molar-refractivity contribution is -0.154. The fraction of sp³-hybridized carbons (Fsp3) is 0.879. The number of Topliss-reactive ketones (excluding diaryl/α,β-unsaturated/α-hetero) is 1. The molecular formula is C33H70N2O6. The second-order valence-electron chi connectivity index (χ2n) is 9.98. The Morgan fingerprint density at radius 1 is 0.488 bits per heavy atom. The highest BCUT2D eigenvalue weighted by molar-refractivity contribution is 5.76. The molecule has 8 nitrogen and oxygen atoms in total. The molecule has 0 spiro atoms. The molecule has 0 radical (unpaired) electrons. The summed E-state index contributed by atoms with van der Waals surface area (Å²) in [6.45, 7) is 3.11. The maximum atomic E-state index is 11.9. The molecule has 0 atom stereocenters. The van der Waals surface area contributed by atoms with Gasteiger partial charge < -0.3 is 24.9 Å². The molecule has 0 aliphatic carbocycles. The minimum Gasteiger partial charge on any atom is -0.438 e. The lowest BCUT2D eigenvalue weighted by atomic mass is 10.1. The molecule has 0 heterocycles. The van der Waals surface area contributed by atoms with Gasteiger partial charge in [0.25, 0.3) is 0 Å². The zero-order chi connectivity index (χ0) is 27.4. The number of hydrogen-bond acceptors (Lipinski definition) is 6. The highest BCUT2D eigenvalue weighted by atomic mass is 16.7. The Bertz CT molecular complexity index is 598. The molecule has 0 fully saturated rings. The van der Waals surface area contributed by atoms with Crippen LogP contribution in [-0.4, -0.2) is 50.6 Å². The van der Waals surface area contributed by atoms with Crippen LogP contribution in [0.25, 0.3) is 0 Å². The van der Waals surface area contributed by atoms with Crippen LogP contribution in [0.15, 0.2) is 0 Å². The number of nitrogens with one attached hydrogen (secondary N) is 2. The van der Waals surface area contributed by atoms with Crippen molar-refractivity contribution in [3.05, 3.63) is 0 Å². The Morgan fingerprint density at radius 2 is 0.829 bits per heavy atom. The third-order valence-electron chi connectivity index (χ3n) is 6.30. The summed E-state index contributed by atoms with van der Waals surface area (Å²) in [7, 11) is 1.49. The first-order chi connectivity index (χ1) is 18.0. The summed E-state index contributed by atoms with van der Waals surface area (Å²) >= 11 is 0. The van der Waals surface area contributed by atoms with Gasteiger partial charge in [0.05, 0.1) is 0 Å². The van der Waals surface area contributed by atoms with Gasteiger partial charge in [-0.05, 0) is 45.4 Å². The summed E-state index contributed by atoms with van der Waals surface area (Å²) in [6, 6.07) is 0. The minimum absolute atomic E-state index is 0. The fourth-order valence-corrected chi connectivity index (χ4v) is 4.06. The quantitative estimate of drug-likeness (QED) is 0.0565. The van der Waals surface area contributed by atoms with Crippen LogP contribution >= 0.6 is 0 Å². The van der Waals surface area contributed by atoms with Crippen molar-refractivity contribution in [2.45, 2.75) is 165 Å². The largest absolute Gasteiger partial charge is 0.438 e. The van der Waals surface area contributed by atoms with Crippen LogP contribution < -0.4 is 10.6 Å². The second kappa shape index (κ2) is 38.0. The number of amides is 2. The van der Waals surface area contributed by atoms with Gasteiger partial charge in [-0.15, -0.1) is 0 Å². The average Bonchev–Trinajstić information content (AvgIpc) is 2.87. The Kier molecular flexibility index (Phi) is 45.2. The number of rotatable bonds is 27. The number of hydrogen-bond donors (Lipinski definition) is 2. The molecule has 2 amide bonds. The number of carbonyl (C=O) groups excluding carboxylic acids is 4. The maximum Gasteiger partial charge on any atom is 0.307 e. The predicted octanol–water partition coefficient (Wildman–Crippen LogP) is 8.30. The lowest BCUT2D eigenvalue weighted by Gasteiger charge is -2.06. The zero-order valence-electron chi connectivity index (χ0n) is 23.7. The minimum atomic E-state index is -0.225. The van der Waals surface area contributed by atoms with E-state index in [1.54, 1.807) is 6.92 Å². The molecule has 41 heavy (non-hydrogen) atoms. The van der Waals surface area contributed by atoms with Crippen molar-refractivity contribution in [2.75, 3.05) is 27.0 Å². The predicted molar refractivity (Wildman–Crippen MR) is 174 cm³/mol. The molecule has 8 heteroatoms. The number of ketones is 1. The van der Waals surface area contributed by atoms with Crippen LogP contribution in [0, 0.1) is 0 Å². The first-order valence-corrected chi connectivity index (χ1v) is 14.6. The smallest absolute Gasteiger partial charge is 0.307 e. The maximum absolute atomic E-state index is 11.9. The summed E-state index contributed by atoms with van der Waals surface area (Å²) in [5.74, 6) is 0.304. The van der Waals surface area contributed by atoms with E-state index in [2.05, 4.69) is 15.4 Å². The molecule has 0 aliphatic heterocycles. The first-order valence-electron chi connectivity index (χ1n) is 14.6.